The minimum atomic E-state index is -4.51. The smallest absolute Gasteiger partial charge is 0.377 e. The first-order valence-corrected chi connectivity index (χ1v) is 11.6. The van der Waals surface area contributed by atoms with Gasteiger partial charge in [0.1, 0.15) is 0 Å². The first kappa shape index (κ1) is 22.8. The summed E-state index contributed by atoms with van der Waals surface area (Å²) in [5.41, 5.74) is 6.63. The van der Waals surface area contributed by atoms with E-state index in [4.69, 9.17) is 10.9 Å². The quantitative estimate of drug-likeness (QED) is 0.219. The number of H-pyrrole nitrogens is 1. The highest BCUT2D eigenvalue weighted by atomic mass is 32.2. The molecule has 0 atom stereocenters. The first-order chi connectivity index (χ1) is 15.6. The Balaban J connectivity index is 1.91. The molecule has 3 aromatic carbocycles. The molecule has 4 aromatic rings. The monoisotopic (exact) mass is 491 g/mol. The van der Waals surface area contributed by atoms with Gasteiger partial charge in [-0.15, -0.1) is 4.40 Å². The van der Waals surface area contributed by atoms with Gasteiger partial charge in [-0.1, -0.05) is 30.3 Å². The normalized spacial score (nSPS) is 12.9. The van der Waals surface area contributed by atoms with Crippen molar-refractivity contribution in [3.05, 3.63) is 72.6 Å². The molecular formula is C21H16F3N5O2S2. The maximum atomic E-state index is 13.4. The zero-order valence-electron chi connectivity index (χ0n) is 16.7. The number of sulfonamides is 1. The van der Waals surface area contributed by atoms with E-state index in [-0.39, 0.29) is 10.1 Å². The molecule has 4 rings (SSSR count). The number of hydrogen-bond donors (Lipinski definition) is 3. The fraction of sp³-hybridized carbons (Fsp3) is 0.0476. The molecule has 0 aliphatic rings. The van der Waals surface area contributed by atoms with Gasteiger partial charge >= 0.3 is 6.18 Å². The van der Waals surface area contributed by atoms with Crippen LogP contribution in [0.1, 0.15) is 5.56 Å². The van der Waals surface area contributed by atoms with Crippen molar-refractivity contribution in [2.45, 2.75) is 11.1 Å². The molecule has 0 aliphatic heterocycles. The van der Waals surface area contributed by atoms with Crippen molar-refractivity contribution in [1.29, 1.82) is 0 Å². The maximum absolute atomic E-state index is 13.4. The summed E-state index contributed by atoms with van der Waals surface area (Å²) >= 11 is 0.514. The zero-order chi connectivity index (χ0) is 23.8. The third kappa shape index (κ3) is 4.58. The van der Waals surface area contributed by atoms with Gasteiger partial charge in [0.05, 0.1) is 16.7 Å². The van der Waals surface area contributed by atoms with Gasteiger partial charge in [-0.2, -0.15) is 26.7 Å². The summed E-state index contributed by atoms with van der Waals surface area (Å²) < 4.78 is 68.5. The molecule has 0 fully saturated rings. The van der Waals surface area contributed by atoms with Crippen molar-refractivity contribution in [3.8, 4) is 22.3 Å². The standard InChI is InChI=1S/C21H16F3N5O2S2/c22-21(23,24)14-4-6-18(19(9-14)13-10-27-28-11-13)17-3-1-2-12-8-15(5-7-16(12)17)33(30,31)29-20(25)32-26/h1-11H,26H2,(H2,25,29)(H,27,28). The molecule has 0 aliphatic carbocycles. The van der Waals surface area contributed by atoms with E-state index in [1.165, 1.54) is 30.6 Å². The molecule has 12 heteroatoms. The van der Waals surface area contributed by atoms with Crippen molar-refractivity contribution < 1.29 is 21.6 Å². The van der Waals surface area contributed by atoms with E-state index in [0.717, 1.165) is 12.1 Å². The summed E-state index contributed by atoms with van der Waals surface area (Å²) in [7, 11) is -4.08. The summed E-state index contributed by atoms with van der Waals surface area (Å²) in [4.78, 5) is -0.0911. The van der Waals surface area contributed by atoms with Gasteiger partial charge in [0.15, 0.2) is 5.17 Å². The van der Waals surface area contributed by atoms with Crippen LogP contribution in [0.4, 0.5) is 13.2 Å². The molecule has 1 heterocycles. The highest BCUT2D eigenvalue weighted by Gasteiger charge is 2.31. The minimum absolute atomic E-state index is 0.0911. The van der Waals surface area contributed by atoms with Crippen LogP contribution < -0.4 is 10.9 Å². The minimum Gasteiger partial charge on any atom is -0.377 e. The average molecular weight is 492 g/mol. The van der Waals surface area contributed by atoms with Gasteiger partial charge in [-0.05, 0) is 63.7 Å². The SMILES string of the molecule is NSC(N)=NS(=O)(=O)c1ccc2c(-c3ccc(C(F)(F)F)cc3-c3cn[nH]c3)cccc2c1. The predicted molar refractivity (Wildman–Crippen MR) is 123 cm³/mol. The van der Waals surface area contributed by atoms with Gasteiger partial charge in [0.25, 0.3) is 10.0 Å². The third-order valence-electron chi connectivity index (χ3n) is 4.93. The predicted octanol–water partition coefficient (Wildman–Crippen LogP) is 4.53. The topological polar surface area (TPSA) is 127 Å². The Morgan fingerprint density at radius 1 is 1.03 bits per heavy atom. The molecule has 1 aromatic heterocycles. The zero-order valence-corrected chi connectivity index (χ0v) is 18.3. The van der Waals surface area contributed by atoms with Crippen LogP contribution in [0.15, 0.2) is 76.3 Å². The van der Waals surface area contributed by atoms with Crippen molar-refractivity contribution in [2.24, 2.45) is 15.3 Å². The number of nitrogens with zero attached hydrogens (tertiary/aromatic N) is 2. The Labute approximate surface area is 190 Å². The summed E-state index contributed by atoms with van der Waals surface area (Å²) in [5, 5.41) is 12.6. The third-order valence-corrected chi connectivity index (χ3v) is 6.66. The van der Waals surface area contributed by atoms with E-state index in [1.807, 2.05) is 0 Å². The lowest BCUT2D eigenvalue weighted by Crippen LogP contribution is -2.12. The van der Waals surface area contributed by atoms with Crippen LogP contribution in [0.25, 0.3) is 33.0 Å². The number of aromatic nitrogens is 2. The summed E-state index contributed by atoms with van der Waals surface area (Å²) in [5.74, 6) is 0. The number of hydrogen-bond acceptors (Lipinski definition) is 5. The largest absolute Gasteiger partial charge is 0.416 e. The van der Waals surface area contributed by atoms with Crippen molar-refractivity contribution in [2.75, 3.05) is 0 Å². The van der Waals surface area contributed by atoms with Crippen LogP contribution in [0.2, 0.25) is 0 Å². The van der Waals surface area contributed by atoms with Crippen LogP contribution in [0.5, 0.6) is 0 Å². The molecule has 0 unspecified atom stereocenters. The van der Waals surface area contributed by atoms with Crippen LogP contribution in [0, 0.1) is 0 Å². The number of nitrogens with one attached hydrogen (secondary N) is 1. The molecule has 0 bridgehead atoms. The highest BCUT2D eigenvalue weighted by molar-refractivity contribution is 8.12. The molecule has 0 radical (unpaired) electrons. The maximum Gasteiger partial charge on any atom is 0.416 e. The van der Waals surface area contributed by atoms with E-state index in [2.05, 4.69) is 14.6 Å². The van der Waals surface area contributed by atoms with Gasteiger partial charge in [0.2, 0.25) is 0 Å². The van der Waals surface area contributed by atoms with Gasteiger partial charge < -0.3 is 5.73 Å². The highest BCUT2D eigenvalue weighted by Crippen LogP contribution is 2.40. The van der Waals surface area contributed by atoms with Crippen molar-refractivity contribution in [1.82, 2.24) is 10.2 Å². The summed E-state index contributed by atoms with van der Waals surface area (Å²) in [6.07, 6.45) is -1.57. The van der Waals surface area contributed by atoms with Crippen molar-refractivity contribution >= 4 is 37.9 Å². The molecule has 0 spiro atoms. The van der Waals surface area contributed by atoms with Crippen LogP contribution in [-0.4, -0.2) is 23.8 Å². The van der Waals surface area contributed by atoms with Gasteiger partial charge in [-0.3, -0.25) is 10.2 Å². The Morgan fingerprint density at radius 3 is 2.48 bits per heavy atom. The number of aromatic amines is 1. The van der Waals surface area contributed by atoms with Crippen molar-refractivity contribution in [3.63, 3.8) is 0 Å². The average Bonchev–Trinajstić information content (AvgIpc) is 3.32. The second-order valence-corrected chi connectivity index (χ2v) is 9.21. The molecule has 7 nitrogen and oxygen atoms in total. The Hall–Kier alpha value is -3.35. The second-order valence-electron chi connectivity index (χ2n) is 6.96. The van der Waals surface area contributed by atoms with E-state index >= 15 is 0 Å². The summed E-state index contributed by atoms with van der Waals surface area (Å²) in [6.45, 7) is 0. The first-order valence-electron chi connectivity index (χ1n) is 9.31. The molecular weight excluding hydrogens is 475 g/mol. The summed E-state index contributed by atoms with van der Waals surface area (Å²) in [6, 6.07) is 13.0. The molecule has 33 heavy (non-hydrogen) atoms. The number of rotatable bonds is 4. The van der Waals surface area contributed by atoms with E-state index in [1.54, 1.807) is 24.3 Å². The van der Waals surface area contributed by atoms with Gasteiger partial charge in [0, 0.05) is 11.8 Å². The number of nitrogens with two attached hydrogens (primary N) is 2. The fourth-order valence-electron chi connectivity index (χ4n) is 3.44. The Morgan fingerprint density at radius 2 is 1.82 bits per heavy atom. The second kappa shape index (κ2) is 8.54. The lowest BCUT2D eigenvalue weighted by molar-refractivity contribution is -0.137. The Bertz CT molecular complexity index is 1470. The number of alkyl halides is 3. The Kier molecular flexibility index (Phi) is 5.91. The lowest BCUT2D eigenvalue weighted by Gasteiger charge is -2.15. The number of fused-ring (bicyclic) bond motifs is 1. The molecule has 0 amide bonds. The molecule has 170 valence electrons. The lowest BCUT2D eigenvalue weighted by atomic mass is 9.91. The molecule has 0 saturated heterocycles. The molecule has 5 N–H and O–H groups in total. The van der Waals surface area contributed by atoms with E-state index in [9.17, 15) is 21.6 Å². The number of amidine groups is 1. The van der Waals surface area contributed by atoms with Crippen LogP contribution >= 0.6 is 11.9 Å². The van der Waals surface area contributed by atoms with Crippen LogP contribution in [0.3, 0.4) is 0 Å². The number of benzene rings is 3. The number of halogens is 3. The van der Waals surface area contributed by atoms with E-state index < -0.39 is 21.8 Å². The van der Waals surface area contributed by atoms with Gasteiger partial charge in [-0.25, -0.2) is 0 Å². The fourth-order valence-corrected chi connectivity index (χ4v) is 4.77. The van der Waals surface area contributed by atoms with E-state index in [0.29, 0.717) is 45.0 Å². The molecule has 0 saturated carbocycles. The van der Waals surface area contributed by atoms with Crippen LogP contribution in [-0.2, 0) is 16.2 Å².